The van der Waals surface area contributed by atoms with E-state index in [1.807, 2.05) is 54.6 Å². The van der Waals surface area contributed by atoms with Gasteiger partial charge in [0.1, 0.15) is 5.75 Å². The number of benzene rings is 2. The maximum Gasteiger partial charge on any atom is 0.249 e. The molecule has 0 bridgehead atoms. The summed E-state index contributed by atoms with van der Waals surface area (Å²) < 4.78 is 5.12. The average molecular weight is 293 g/mol. The van der Waals surface area contributed by atoms with E-state index in [2.05, 4.69) is 25.8 Å². The number of para-hydroxylation sites is 1. The molecule has 6 nitrogen and oxygen atoms in total. The van der Waals surface area contributed by atoms with Gasteiger partial charge in [-0.3, -0.25) is 0 Å². The van der Waals surface area contributed by atoms with Crippen molar-refractivity contribution in [3.05, 3.63) is 60.8 Å². The zero-order chi connectivity index (χ0) is 15.2. The summed E-state index contributed by atoms with van der Waals surface area (Å²) in [5.74, 6) is 1.84. The van der Waals surface area contributed by atoms with Crippen LogP contribution in [0.5, 0.6) is 5.75 Å². The molecular weight excluding hydrogens is 278 g/mol. The van der Waals surface area contributed by atoms with Crippen LogP contribution in [0.2, 0.25) is 0 Å². The molecule has 22 heavy (non-hydrogen) atoms. The van der Waals surface area contributed by atoms with Gasteiger partial charge >= 0.3 is 0 Å². The lowest BCUT2D eigenvalue weighted by Crippen LogP contribution is -2.02. The summed E-state index contributed by atoms with van der Waals surface area (Å²) in [5.41, 5.74) is 1.80. The van der Waals surface area contributed by atoms with Gasteiger partial charge in [0.15, 0.2) is 5.82 Å². The normalized spacial score (nSPS) is 10.0. The molecule has 1 heterocycles. The van der Waals surface area contributed by atoms with Gasteiger partial charge in [0.25, 0.3) is 0 Å². The summed E-state index contributed by atoms with van der Waals surface area (Å²) in [6.45, 7) is 0. The summed E-state index contributed by atoms with van der Waals surface area (Å²) in [6, 6.07) is 17.3. The van der Waals surface area contributed by atoms with Crippen LogP contribution in [0.4, 0.5) is 23.1 Å². The fraction of sp³-hybridized carbons (Fsp3) is 0.0625. The molecule has 0 saturated carbocycles. The minimum absolute atomic E-state index is 0.422. The summed E-state index contributed by atoms with van der Waals surface area (Å²) >= 11 is 0. The Bertz CT molecular complexity index is 731. The van der Waals surface area contributed by atoms with E-state index in [0.29, 0.717) is 11.8 Å². The third kappa shape index (κ3) is 3.49. The number of hydrogen-bond acceptors (Lipinski definition) is 6. The van der Waals surface area contributed by atoms with Crippen molar-refractivity contribution in [1.82, 2.24) is 15.2 Å². The molecule has 0 atom stereocenters. The lowest BCUT2D eigenvalue weighted by molar-refractivity contribution is 0.415. The van der Waals surface area contributed by atoms with Crippen LogP contribution in [-0.4, -0.2) is 22.3 Å². The molecule has 0 amide bonds. The first-order valence-corrected chi connectivity index (χ1v) is 6.76. The Kier molecular flexibility index (Phi) is 4.10. The lowest BCUT2D eigenvalue weighted by Gasteiger charge is -2.08. The van der Waals surface area contributed by atoms with Crippen LogP contribution in [0.15, 0.2) is 60.8 Å². The van der Waals surface area contributed by atoms with Crippen molar-refractivity contribution in [1.29, 1.82) is 0 Å². The van der Waals surface area contributed by atoms with E-state index in [-0.39, 0.29) is 0 Å². The van der Waals surface area contributed by atoms with Gasteiger partial charge in [-0.2, -0.15) is 10.1 Å². The molecule has 1 aromatic heterocycles. The van der Waals surface area contributed by atoms with Crippen molar-refractivity contribution in [2.45, 2.75) is 0 Å². The Labute approximate surface area is 128 Å². The van der Waals surface area contributed by atoms with E-state index in [1.54, 1.807) is 13.3 Å². The lowest BCUT2D eigenvalue weighted by atomic mass is 10.3. The molecular formula is C16H15N5O. The highest BCUT2D eigenvalue weighted by Gasteiger charge is 2.02. The Morgan fingerprint density at radius 3 is 2.32 bits per heavy atom. The topological polar surface area (TPSA) is 72.0 Å². The Hall–Kier alpha value is -3.15. The predicted molar refractivity (Wildman–Crippen MR) is 85.8 cm³/mol. The van der Waals surface area contributed by atoms with Crippen LogP contribution < -0.4 is 15.4 Å². The largest absolute Gasteiger partial charge is 0.497 e. The van der Waals surface area contributed by atoms with Gasteiger partial charge in [-0.1, -0.05) is 18.2 Å². The van der Waals surface area contributed by atoms with Crippen molar-refractivity contribution in [2.75, 3.05) is 17.7 Å². The first-order valence-electron chi connectivity index (χ1n) is 6.76. The molecule has 2 aromatic carbocycles. The Morgan fingerprint density at radius 1 is 0.864 bits per heavy atom. The molecule has 0 radical (unpaired) electrons. The van der Waals surface area contributed by atoms with Crippen molar-refractivity contribution >= 4 is 23.1 Å². The van der Waals surface area contributed by atoms with Crippen LogP contribution in [0.3, 0.4) is 0 Å². The number of nitrogens with zero attached hydrogens (tertiary/aromatic N) is 3. The number of rotatable bonds is 5. The Morgan fingerprint density at radius 2 is 1.59 bits per heavy atom. The van der Waals surface area contributed by atoms with Gasteiger partial charge in [0.05, 0.1) is 13.3 Å². The maximum absolute atomic E-state index is 5.12. The molecule has 0 spiro atoms. The first kappa shape index (κ1) is 13.8. The van der Waals surface area contributed by atoms with E-state index in [9.17, 15) is 0 Å². The highest BCUT2D eigenvalue weighted by Crippen LogP contribution is 2.19. The number of anilines is 4. The molecule has 3 aromatic rings. The quantitative estimate of drug-likeness (QED) is 0.751. The van der Waals surface area contributed by atoms with Crippen LogP contribution in [0.1, 0.15) is 0 Å². The average Bonchev–Trinajstić information content (AvgIpc) is 2.57. The van der Waals surface area contributed by atoms with Gasteiger partial charge in [0, 0.05) is 11.4 Å². The first-order chi connectivity index (χ1) is 10.8. The summed E-state index contributed by atoms with van der Waals surface area (Å²) in [6.07, 6.45) is 1.58. The molecule has 110 valence electrons. The van der Waals surface area contributed by atoms with Crippen molar-refractivity contribution < 1.29 is 4.74 Å². The minimum atomic E-state index is 0.422. The number of ether oxygens (including phenoxy) is 1. The van der Waals surface area contributed by atoms with Crippen LogP contribution in [0.25, 0.3) is 0 Å². The fourth-order valence-corrected chi connectivity index (χ4v) is 1.89. The van der Waals surface area contributed by atoms with Crippen LogP contribution in [0, 0.1) is 0 Å². The number of aromatic nitrogens is 3. The van der Waals surface area contributed by atoms with Crippen LogP contribution >= 0.6 is 0 Å². The summed E-state index contributed by atoms with van der Waals surface area (Å²) in [7, 11) is 1.63. The minimum Gasteiger partial charge on any atom is -0.497 e. The van der Waals surface area contributed by atoms with Gasteiger partial charge < -0.3 is 15.4 Å². The van der Waals surface area contributed by atoms with Crippen LogP contribution in [-0.2, 0) is 0 Å². The highest BCUT2D eigenvalue weighted by molar-refractivity contribution is 5.58. The molecule has 0 fully saturated rings. The maximum atomic E-state index is 5.12. The second kappa shape index (κ2) is 6.53. The van der Waals surface area contributed by atoms with Gasteiger partial charge in [-0.25, -0.2) is 0 Å². The predicted octanol–water partition coefficient (Wildman–Crippen LogP) is 3.37. The van der Waals surface area contributed by atoms with Crippen molar-refractivity contribution in [2.24, 2.45) is 0 Å². The molecule has 2 N–H and O–H groups in total. The Balaban J connectivity index is 1.73. The third-order valence-electron chi connectivity index (χ3n) is 2.95. The van der Waals surface area contributed by atoms with E-state index >= 15 is 0 Å². The van der Waals surface area contributed by atoms with Crippen molar-refractivity contribution in [3.63, 3.8) is 0 Å². The molecule has 0 aliphatic carbocycles. The molecule has 0 unspecified atom stereocenters. The van der Waals surface area contributed by atoms with E-state index in [4.69, 9.17) is 4.74 Å². The van der Waals surface area contributed by atoms with E-state index in [1.165, 1.54) is 0 Å². The summed E-state index contributed by atoms with van der Waals surface area (Å²) in [5, 5.41) is 14.2. The zero-order valence-electron chi connectivity index (χ0n) is 12.0. The molecule has 0 aliphatic rings. The van der Waals surface area contributed by atoms with Gasteiger partial charge in [-0.15, -0.1) is 5.10 Å². The zero-order valence-corrected chi connectivity index (χ0v) is 12.0. The fourth-order valence-electron chi connectivity index (χ4n) is 1.89. The van der Waals surface area contributed by atoms with E-state index in [0.717, 1.165) is 17.1 Å². The molecule has 6 heteroatoms. The summed E-state index contributed by atoms with van der Waals surface area (Å²) in [4.78, 5) is 4.38. The van der Waals surface area contributed by atoms with E-state index < -0.39 is 0 Å². The smallest absolute Gasteiger partial charge is 0.249 e. The molecule has 0 aliphatic heterocycles. The standard InChI is InChI=1S/C16H15N5O/c1-22-14-9-7-13(8-10-14)19-16-20-15(11-17-21-16)18-12-5-3-2-4-6-12/h2-11H,1H3,(H2,18,19,20,21). The second-order valence-corrected chi connectivity index (χ2v) is 4.51. The van der Waals surface area contributed by atoms with Gasteiger partial charge in [-0.05, 0) is 36.4 Å². The molecule has 0 saturated heterocycles. The SMILES string of the molecule is COc1ccc(Nc2nncc(Nc3ccccc3)n2)cc1. The number of nitrogens with one attached hydrogen (secondary N) is 2. The third-order valence-corrected chi connectivity index (χ3v) is 2.95. The number of hydrogen-bond donors (Lipinski definition) is 2. The monoisotopic (exact) mass is 293 g/mol. The molecule has 3 rings (SSSR count). The number of methoxy groups -OCH3 is 1. The van der Waals surface area contributed by atoms with Gasteiger partial charge in [0.2, 0.25) is 5.95 Å². The second-order valence-electron chi connectivity index (χ2n) is 4.51. The van der Waals surface area contributed by atoms with Crippen molar-refractivity contribution in [3.8, 4) is 5.75 Å². The highest BCUT2D eigenvalue weighted by atomic mass is 16.5.